The molecule has 2 unspecified atom stereocenters. The SMILES string of the molecule is CCCNC1CCCCc2cn(CC(C)CO)cc21. The number of aliphatic hydroxyl groups excluding tert-OH is 1. The third kappa shape index (κ3) is 3.83. The van der Waals surface area contributed by atoms with Crippen LogP contribution in [-0.4, -0.2) is 22.8 Å². The van der Waals surface area contributed by atoms with E-state index >= 15 is 0 Å². The molecule has 0 aromatic carbocycles. The van der Waals surface area contributed by atoms with Crippen molar-refractivity contribution < 1.29 is 5.11 Å². The molecule has 0 amide bonds. The molecular formula is C16H28N2O. The molecule has 0 aliphatic heterocycles. The number of aliphatic hydroxyl groups is 1. The van der Waals surface area contributed by atoms with Gasteiger partial charge < -0.3 is 15.0 Å². The summed E-state index contributed by atoms with van der Waals surface area (Å²) in [5.41, 5.74) is 3.01. The van der Waals surface area contributed by atoms with E-state index in [-0.39, 0.29) is 6.61 Å². The maximum absolute atomic E-state index is 9.19. The molecule has 1 aromatic heterocycles. The third-order valence-electron chi connectivity index (χ3n) is 4.04. The predicted molar refractivity (Wildman–Crippen MR) is 79.3 cm³/mol. The smallest absolute Gasteiger partial charge is 0.0473 e. The van der Waals surface area contributed by atoms with Crippen LogP contribution in [0.15, 0.2) is 12.4 Å². The molecule has 3 heteroatoms. The van der Waals surface area contributed by atoms with Crippen LogP contribution in [0.2, 0.25) is 0 Å². The number of aromatic nitrogens is 1. The molecule has 0 saturated heterocycles. The van der Waals surface area contributed by atoms with Gasteiger partial charge in [-0.3, -0.25) is 0 Å². The van der Waals surface area contributed by atoms with Crippen molar-refractivity contribution in [2.45, 2.75) is 58.5 Å². The quantitative estimate of drug-likeness (QED) is 0.775. The Bertz CT molecular complexity index is 386. The Morgan fingerprint density at radius 1 is 1.42 bits per heavy atom. The Kier molecular flexibility index (Phi) is 5.46. The van der Waals surface area contributed by atoms with E-state index in [2.05, 4.69) is 36.1 Å². The van der Waals surface area contributed by atoms with Gasteiger partial charge >= 0.3 is 0 Å². The first-order valence-corrected chi connectivity index (χ1v) is 7.77. The average Bonchev–Trinajstić information content (AvgIpc) is 2.71. The molecule has 0 bridgehead atoms. The van der Waals surface area contributed by atoms with Crippen LogP contribution >= 0.6 is 0 Å². The second-order valence-electron chi connectivity index (χ2n) is 5.98. The summed E-state index contributed by atoms with van der Waals surface area (Å²) in [7, 11) is 0. The molecule has 108 valence electrons. The summed E-state index contributed by atoms with van der Waals surface area (Å²) in [6, 6.07) is 0.531. The van der Waals surface area contributed by atoms with E-state index in [1.165, 1.54) is 43.2 Å². The maximum atomic E-state index is 9.19. The molecule has 1 heterocycles. The van der Waals surface area contributed by atoms with E-state index in [0.717, 1.165) is 13.1 Å². The lowest BCUT2D eigenvalue weighted by Crippen LogP contribution is -2.21. The second-order valence-corrected chi connectivity index (χ2v) is 5.98. The fourth-order valence-electron chi connectivity index (χ4n) is 2.97. The molecule has 0 radical (unpaired) electrons. The highest BCUT2D eigenvalue weighted by Crippen LogP contribution is 2.29. The molecule has 2 N–H and O–H groups in total. The van der Waals surface area contributed by atoms with Crippen LogP contribution in [0.25, 0.3) is 0 Å². The van der Waals surface area contributed by atoms with Gasteiger partial charge in [0.25, 0.3) is 0 Å². The van der Waals surface area contributed by atoms with E-state index in [0.29, 0.717) is 12.0 Å². The first kappa shape index (κ1) is 14.6. The number of nitrogens with zero attached hydrogens (tertiary/aromatic N) is 1. The van der Waals surface area contributed by atoms with Crippen LogP contribution in [0.4, 0.5) is 0 Å². The molecular weight excluding hydrogens is 236 g/mol. The van der Waals surface area contributed by atoms with Crippen LogP contribution in [0, 0.1) is 5.92 Å². The summed E-state index contributed by atoms with van der Waals surface area (Å²) in [6.07, 6.45) is 10.9. The zero-order valence-corrected chi connectivity index (χ0v) is 12.4. The van der Waals surface area contributed by atoms with Gasteiger partial charge in [0.05, 0.1) is 0 Å². The van der Waals surface area contributed by atoms with Gasteiger partial charge in [-0.25, -0.2) is 0 Å². The first-order valence-electron chi connectivity index (χ1n) is 7.77. The van der Waals surface area contributed by atoms with E-state index in [9.17, 15) is 5.11 Å². The summed E-state index contributed by atoms with van der Waals surface area (Å²) < 4.78 is 2.28. The lowest BCUT2D eigenvalue weighted by atomic mass is 10.0. The van der Waals surface area contributed by atoms with Crippen LogP contribution < -0.4 is 5.32 Å². The Hall–Kier alpha value is -0.800. The predicted octanol–water partition coefficient (Wildman–Crippen LogP) is 2.88. The minimum atomic E-state index is 0.264. The van der Waals surface area contributed by atoms with Crippen molar-refractivity contribution in [3.63, 3.8) is 0 Å². The number of hydrogen-bond acceptors (Lipinski definition) is 2. The number of fused-ring (bicyclic) bond motifs is 1. The van der Waals surface area contributed by atoms with Gasteiger partial charge in [0.15, 0.2) is 0 Å². The Labute approximate surface area is 117 Å². The van der Waals surface area contributed by atoms with Crippen molar-refractivity contribution in [2.75, 3.05) is 13.2 Å². The van der Waals surface area contributed by atoms with E-state index < -0.39 is 0 Å². The lowest BCUT2D eigenvalue weighted by molar-refractivity contribution is 0.223. The largest absolute Gasteiger partial charge is 0.396 e. The molecule has 0 spiro atoms. The highest BCUT2D eigenvalue weighted by atomic mass is 16.3. The third-order valence-corrected chi connectivity index (χ3v) is 4.04. The van der Waals surface area contributed by atoms with Gasteiger partial charge in [-0.1, -0.05) is 20.3 Å². The normalized spacial score (nSPS) is 20.9. The van der Waals surface area contributed by atoms with Gasteiger partial charge in [-0.05, 0) is 49.3 Å². The molecule has 3 nitrogen and oxygen atoms in total. The molecule has 19 heavy (non-hydrogen) atoms. The summed E-state index contributed by atoms with van der Waals surface area (Å²) in [5, 5.41) is 12.9. The summed E-state index contributed by atoms with van der Waals surface area (Å²) >= 11 is 0. The molecule has 1 aliphatic carbocycles. The second kappa shape index (κ2) is 7.11. The zero-order valence-electron chi connectivity index (χ0n) is 12.4. The number of rotatable bonds is 6. The van der Waals surface area contributed by atoms with Gasteiger partial charge in [0.2, 0.25) is 0 Å². The highest BCUT2D eigenvalue weighted by molar-refractivity contribution is 5.29. The van der Waals surface area contributed by atoms with Gasteiger partial charge in [0, 0.05) is 31.6 Å². The molecule has 0 saturated carbocycles. The lowest BCUT2D eigenvalue weighted by Gasteiger charge is -2.16. The molecule has 2 atom stereocenters. The minimum Gasteiger partial charge on any atom is -0.396 e. The fraction of sp³-hybridized carbons (Fsp3) is 0.750. The van der Waals surface area contributed by atoms with Gasteiger partial charge in [-0.15, -0.1) is 0 Å². The van der Waals surface area contributed by atoms with Crippen molar-refractivity contribution in [1.29, 1.82) is 0 Å². The van der Waals surface area contributed by atoms with Crippen LogP contribution in [-0.2, 0) is 13.0 Å². The van der Waals surface area contributed by atoms with Crippen molar-refractivity contribution >= 4 is 0 Å². The molecule has 1 aliphatic rings. The average molecular weight is 264 g/mol. The summed E-state index contributed by atoms with van der Waals surface area (Å²) in [6.45, 7) is 6.60. The van der Waals surface area contributed by atoms with Crippen molar-refractivity contribution in [2.24, 2.45) is 5.92 Å². The number of aryl methyl sites for hydroxylation is 1. The van der Waals surface area contributed by atoms with E-state index in [1.54, 1.807) is 0 Å². The Balaban J connectivity index is 2.12. The maximum Gasteiger partial charge on any atom is 0.0473 e. The van der Waals surface area contributed by atoms with Gasteiger partial charge in [0.1, 0.15) is 0 Å². The number of hydrogen-bond donors (Lipinski definition) is 2. The van der Waals surface area contributed by atoms with E-state index in [1.807, 2.05) is 0 Å². The van der Waals surface area contributed by atoms with Crippen molar-refractivity contribution in [3.8, 4) is 0 Å². The molecule has 0 fully saturated rings. The Morgan fingerprint density at radius 3 is 3.00 bits per heavy atom. The van der Waals surface area contributed by atoms with Crippen LogP contribution in [0.3, 0.4) is 0 Å². The van der Waals surface area contributed by atoms with Crippen LogP contribution in [0.5, 0.6) is 0 Å². The van der Waals surface area contributed by atoms with Crippen LogP contribution in [0.1, 0.15) is 56.7 Å². The highest BCUT2D eigenvalue weighted by Gasteiger charge is 2.20. The molecule has 1 aromatic rings. The van der Waals surface area contributed by atoms with Crippen molar-refractivity contribution in [1.82, 2.24) is 9.88 Å². The molecule has 2 rings (SSSR count). The van der Waals surface area contributed by atoms with Gasteiger partial charge in [-0.2, -0.15) is 0 Å². The standard InChI is InChI=1S/C16H28N2O/c1-3-8-17-16-7-5-4-6-14-10-18(11-15(14)16)9-13(2)12-19/h10-11,13,16-17,19H,3-9,12H2,1-2H3. The Morgan fingerprint density at radius 2 is 2.26 bits per heavy atom. The first-order chi connectivity index (χ1) is 9.24. The topological polar surface area (TPSA) is 37.2 Å². The van der Waals surface area contributed by atoms with Crippen molar-refractivity contribution in [3.05, 3.63) is 23.5 Å². The summed E-state index contributed by atoms with van der Waals surface area (Å²) in [4.78, 5) is 0. The fourth-order valence-corrected chi connectivity index (χ4v) is 2.97. The number of nitrogens with one attached hydrogen (secondary N) is 1. The monoisotopic (exact) mass is 264 g/mol. The van der Waals surface area contributed by atoms with E-state index in [4.69, 9.17) is 0 Å². The zero-order chi connectivity index (χ0) is 13.7. The minimum absolute atomic E-state index is 0.264. The summed E-state index contributed by atoms with van der Waals surface area (Å²) in [5.74, 6) is 0.332.